The number of nitrogens with zero attached hydrogens (tertiary/aromatic N) is 2. The van der Waals surface area contributed by atoms with E-state index in [0.29, 0.717) is 11.1 Å². The Kier molecular flexibility index (Phi) is 6.37. The molecule has 4 saturated carbocycles. The summed E-state index contributed by atoms with van der Waals surface area (Å²) in [6.45, 7) is 5.66. The number of imide groups is 1. The number of anilines is 1. The van der Waals surface area contributed by atoms with Gasteiger partial charge in [0.2, 0.25) is 5.91 Å². The summed E-state index contributed by atoms with van der Waals surface area (Å²) in [4.78, 5) is 39.3. The Hall–Kier alpha value is -4.13. The lowest BCUT2D eigenvalue weighted by Crippen LogP contribution is -2.48. The quantitative estimate of drug-likeness (QED) is 0.269. The Bertz CT molecular complexity index is 1590. The van der Waals surface area contributed by atoms with Crippen molar-refractivity contribution in [3.63, 3.8) is 0 Å². The van der Waals surface area contributed by atoms with E-state index in [2.05, 4.69) is 46.4 Å². The Balaban J connectivity index is 1.08. The Morgan fingerprint density at radius 1 is 0.952 bits per heavy atom. The van der Waals surface area contributed by atoms with Crippen LogP contribution in [0.2, 0.25) is 0 Å². The van der Waals surface area contributed by atoms with Gasteiger partial charge in [-0.1, -0.05) is 24.3 Å². The number of rotatable bonds is 6. The third-order valence-corrected chi connectivity index (χ3v) is 10.1. The largest absolute Gasteiger partial charge is 0.329 e. The lowest BCUT2D eigenvalue weighted by atomic mass is 9.48. The van der Waals surface area contributed by atoms with Crippen molar-refractivity contribution >= 4 is 29.6 Å². The van der Waals surface area contributed by atoms with Crippen LogP contribution >= 0.6 is 0 Å². The third-order valence-electron chi connectivity index (χ3n) is 10.1. The second-order valence-corrected chi connectivity index (χ2v) is 13.2. The van der Waals surface area contributed by atoms with Gasteiger partial charge in [0.1, 0.15) is 12.2 Å². The van der Waals surface area contributed by atoms with Crippen molar-refractivity contribution in [1.82, 2.24) is 14.8 Å². The lowest BCUT2D eigenvalue weighted by Gasteiger charge is -2.57. The molecule has 2 aromatic carbocycles. The first-order valence-electron chi connectivity index (χ1n) is 15.2. The van der Waals surface area contributed by atoms with E-state index in [-0.39, 0.29) is 12.2 Å². The number of hydrogen-bond donors (Lipinski definition) is 2. The van der Waals surface area contributed by atoms with E-state index in [9.17, 15) is 14.4 Å². The molecule has 5 fully saturated rings. The van der Waals surface area contributed by atoms with Crippen molar-refractivity contribution < 1.29 is 14.4 Å². The molecule has 3 aromatic rings. The van der Waals surface area contributed by atoms with Crippen molar-refractivity contribution in [3.8, 4) is 5.69 Å². The maximum Gasteiger partial charge on any atom is 0.329 e. The molecule has 1 saturated heterocycles. The SMILES string of the molecule is Cc1cccc(NC(=O)CN2C(=O)N/C(=C/c3cc(C)n(-c4ccc(C56CC7CC(CC(C7)C5)C6)cc4)c3C)C2=O)c1. The molecule has 0 atom stereocenters. The highest BCUT2D eigenvalue weighted by molar-refractivity contribution is 6.16. The van der Waals surface area contributed by atoms with Crippen LogP contribution in [-0.4, -0.2) is 33.9 Å². The molecule has 7 heteroatoms. The number of carbonyl (C=O) groups is 3. The summed E-state index contributed by atoms with van der Waals surface area (Å²) in [7, 11) is 0. The van der Waals surface area contributed by atoms with Crippen LogP contribution in [0, 0.1) is 38.5 Å². The molecule has 42 heavy (non-hydrogen) atoms. The smallest absolute Gasteiger partial charge is 0.325 e. The number of urea groups is 1. The van der Waals surface area contributed by atoms with Crippen molar-refractivity contribution in [2.45, 2.75) is 64.7 Å². The van der Waals surface area contributed by atoms with Crippen molar-refractivity contribution in [3.05, 3.63) is 88.4 Å². The number of carbonyl (C=O) groups excluding carboxylic acids is 3. The minimum absolute atomic E-state index is 0.167. The zero-order chi connectivity index (χ0) is 29.2. The van der Waals surface area contributed by atoms with Gasteiger partial charge in [0.25, 0.3) is 5.91 Å². The number of hydrogen-bond acceptors (Lipinski definition) is 3. The van der Waals surface area contributed by atoms with Crippen molar-refractivity contribution in [2.75, 3.05) is 11.9 Å². The molecule has 216 valence electrons. The van der Waals surface area contributed by atoms with Crippen LogP contribution in [0.15, 0.2) is 60.3 Å². The van der Waals surface area contributed by atoms with E-state index in [1.807, 2.05) is 38.1 Å². The second kappa shape index (κ2) is 10.0. The zero-order valence-corrected chi connectivity index (χ0v) is 24.6. The fourth-order valence-corrected chi connectivity index (χ4v) is 8.70. The summed E-state index contributed by atoms with van der Waals surface area (Å²) < 4.78 is 2.20. The monoisotopic (exact) mass is 562 g/mol. The Labute approximate surface area is 247 Å². The fraction of sp³-hybridized carbons (Fsp3) is 0.400. The first kappa shape index (κ1) is 26.7. The van der Waals surface area contributed by atoms with Gasteiger partial charge < -0.3 is 15.2 Å². The number of amides is 4. The van der Waals surface area contributed by atoms with E-state index >= 15 is 0 Å². The van der Waals surface area contributed by atoms with Gasteiger partial charge in [0.15, 0.2) is 0 Å². The minimum Gasteiger partial charge on any atom is -0.325 e. The lowest BCUT2D eigenvalue weighted by molar-refractivity contribution is -0.127. The third kappa shape index (κ3) is 4.65. The molecule has 4 amide bonds. The van der Waals surface area contributed by atoms with Gasteiger partial charge in [-0.25, -0.2) is 9.69 Å². The molecule has 1 aromatic heterocycles. The highest BCUT2D eigenvalue weighted by atomic mass is 16.2. The van der Waals surface area contributed by atoms with Crippen LogP contribution in [0.4, 0.5) is 10.5 Å². The Morgan fingerprint density at radius 3 is 2.26 bits per heavy atom. The molecular formula is C35H38N4O3. The maximum atomic E-state index is 13.1. The summed E-state index contributed by atoms with van der Waals surface area (Å²) in [5, 5.41) is 5.41. The van der Waals surface area contributed by atoms with Gasteiger partial charge in [0.05, 0.1) is 0 Å². The summed E-state index contributed by atoms with van der Waals surface area (Å²) in [6.07, 6.45) is 10.1. The average Bonchev–Trinajstić information content (AvgIpc) is 3.36. The van der Waals surface area contributed by atoms with Crippen LogP contribution in [0.25, 0.3) is 11.8 Å². The molecule has 7 nitrogen and oxygen atoms in total. The molecule has 0 unspecified atom stereocenters. The number of benzene rings is 2. The van der Waals surface area contributed by atoms with E-state index in [4.69, 9.17) is 0 Å². The summed E-state index contributed by atoms with van der Waals surface area (Å²) in [6, 6.07) is 18.0. The molecule has 2 heterocycles. The Morgan fingerprint density at radius 2 is 1.62 bits per heavy atom. The van der Waals surface area contributed by atoms with Gasteiger partial charge >= 0.3 is 6.03 Å². The maximum absolute atomic E-state index is 13.1. The second-order valence-electron chi connectivity index (χ2n) is 13.2. The molecular weight excluding hydrogens is 524 g/mol. The van der Waals surface area contributed by atoms with Crippen LogP contribution in [0.5, 0.6) is 0 Å². The van der Waals surface area contributed by atoms with Gasteiger partial charge in [-0.05, 0) is 136 Å². The van der Waals surface area contributed by atoms with Crippen LogP contribution < -0.4 is 10.6 Å². The zero-order valence-electron chi connectivity index (χ0n) is 24.6. The van der Waals surface area contributed by atoms with Crippen molar-refractivity contribution in [1.29, 1.82) is 0 Å². The normalized spacial score (nSPS) is 27.2. The number of aryl methyl sites for hydroxylation is 2. The summed E-state index contributed by atoms with van der Waals surface area (Å²) >= 11 is 0. The predicted molar refractivity (Wildman–Crippen MR) is 163 cm³/mol. The first-order valence-corrected chi connectivity index (χ1v) is 15.2. The topological polar surface area (TPSA) is 83.4 Å². The summed E-state index contributed by atoms with van der Waals surface area (Å²) in [5.41, 5.74) is 7.65. The molecule has 0 spiro atoms. The first-order chi connectivity index (χ1) is 20.2. The van der Waals surface area contributed by atoms with Crippen LogP contribution in [0.3, 0.4) is 0 Å². The van der Waals surface area contributed by atoms with Gasteiger partial charge in [-0.3, -0.25) is 9.59 Å². The standard InChI is InChI=1S/C35H38N4O3/c1-21-5-4-6-29(11-21)36-32(40)20-38-33(41)31(37-34(38)42)16-27-12-22(2)39(23(27)3)30-9-7-28(8-10-30)35-17-24-13-25(18-35)15-26(14-24)19-35/h4-12,16,24-26H,13-15,17-20H2,1-3H3,(H,36,40)(H,37,42)/b31-16+. The number of nitrogens with one attached hydrogen (secondary N) is 2. The predicted octanol–water partition coefficient (Wildman–Crippen LogP) is 6.40. The fourth-order valence-electron chi connectivity index (χ4n) is 8.70. The highest BCUT2D eigenvalue weighted by Gasteiger charge is 2.51. The number of aromatic nitrogens is 1. The average molecular weight is 563 g/mol. The van der Waals surface area contributed by atoms with Gasteiger partial charge in [-0.2, -0.15) is 0 Å². The molecule has 5 aliphatic rings. The van der Waals surface area contributed by atoms with E-state index in [1.54, 1.807) is 12.1 Å². The van der Waals surface area contributed by atoms with Crippen LogP contribution in [0.1, 0.15) is 66.6 Å². The van der Waals surface area contributed by atoms with Crippen molar-refractivity contribution in [2.24, 2.45) is 17.8 Å². The van der Waals surface area contributed by atoms with Gasteiger partial charge in [0, 0.05) is 22.8 Å². The molecule has 1 aliphatic heterocycles. The van der Waals surface area contributed by atoms with Crippen LogP contribution in [-0.2, 0) is 15.0 Å². The van der Waals surface area contributed by atoms with E-state index in [0.717, 1.165) is 50.9 Å². The molecule has 4 bridgehead atoms. The summed E-state index contributed by atoms with van der Waals surface area (Å²) in [5.74, 6) is 1.80. The van der Waals surface area contributed by atoms with E-state index < -0.39 is 17.8 Å². The molecule has 2 N–H and O–H groups in total. The van der Waals surface area contributed by atoms with Gasteiger partial charge in [-0.15, -0.1) is 0 Å². The highest BCUT2D eigenvalue weighted by Crippen LogP contribution is 2.60. The minimum atomic E-state index is -0.597. The molecule has 4 aliphatic carbocycles. The molecule has 0 radical (unpaired) electrons. The molecule has 8 rings (SSSR count). The van der Waals surface area contributed by atoms with E-state index in [1.165, 1.54) is 44.1 Å².